The molecule has 2 fully saturated rings. The molecule has 0 amide bonds. The Morgan fingerprint density at radius 1 is 1.06 bits per heavy atom. The van der Waals surface area contributed by atoms with Crippen molar-refractivity contribution in [3.8, 4) is 21.7 Å². The summed E-state index contributed by atoms with van der Waals surface area (Å²) in [6.07, 6.45) is 1.07. The van der Waals surface area contributed by atoms with Gasteiger partial charge in [0.25, 0.3) is 0 Å². The van der Waals surface area contributed by atoms with E-state index in [0.717, 1.165) is 76.6 Å². The molecule has 0 spiro atoms. The normalized spacial score (nSPS) is 19.8. The molecule has 48 heavy (non-hydrogen) atoms. The molecule has 2 saturated heterocycles. The van der Waals surface area contributed by atoms with Gasteiger partial charge >= 0.3 is 5.97 Å². The van der Waals surface area contributed by atoms with Crippen molar-refractivity contribution < 1.29 is 19.4 Å². The molecule has 1 aromatic heterocycles. The van der Waals surface area contributed by atoms with Crippen LogP contribution in [0.25, 0.3) is 31.9 Å². The number of aryl methyl sites for hydroxylation is 1. The molecule has 4 heterocycles. The first-order valence-corrected chi connectivity index (χ1v) is 18.2. The number of carboxylic acid groups (broad SMARTS) is 1. The fourth-order valence-electron chi connectivity index (χ4n) is 7.43. The van der Waals surface area contributed by atoms with Crippen LogP contribution in [0.4, 0.5) is 0 Å². The second kappa shape index (κ2) is 13.0. The van der Waals surface area contributed by atoms with E-state index in [9.17, 15) is 9.90 Å². The quantitative estimate of drug-likeness (QED) is 0.199. The highest BCUT2D eigenvalue weighted by Crippen LogP contribution is 2.46. The highest BCUT2D eigenvalue weighted by Gasteiger charge is 2.37. The van der Waals surface area contributed by atoms with Gasteiger partial charge in [-0.3, -0.25) is 9.89 Å². The summed E-state index contributed by atoms with van der Waals surface area (Å²) >= 11 is 7.90. The molecule has 0 bridgehead atoms. The minimum atomic E-state index is -1.15. The Morgan fingerprint density at radius 2 is 1.75 bits per heavy atom. The summed E-state index contributed by atoms with van der Waals surface area (Å²) in [5.74, 6) is -0.181. The molecule has 0 aliphatic carbocycles. The SMILES string of the molecule is Cc1cc2nc(-c3ccc4c(c3)C(C3CCN(C5COC5)CC3)=NC4C(C)C)sc2c(-c2ccc(Cl)cc2)c1[C@H](OC(C)(C)C)C(=O)O. The van der Waals surface area contributed by atoms with E-state index in [-0.39, 0.29) is 6.04 Å². The van der Waals surface area contributed by atoms with Crippen molar-refractivity contribution in [1.82, 2.24) is 9.88 Å². The summed E-state index contributed by atoms with van der Waals surface area (Å²) in [6.45, 7) is 16.0. The van der Waals surface area contributed by atoms with Crippen molar-refractivity contribution in [2.45, 2.75) is 78.2 Å². The molecule has 0 saturated carbocycles. The second-order valence-corrected chi connectivity index (χ2v) is 16.2. The Morgan fingerprint density at radius 3 is 2.35 bits per heavy atom. The summed E-state index contributed by atoms with van der Waals surface area (Å²) in [4.78, 5) is 25.9. The lowest BCUT2D eigenvalue weighted by Gasteiger charge is -2.41. The number of carboxylic acids is 1. The minimum Gasteiger partial charge on any atom is -0.479 e. The maximum Gasteiger partial charge on any atom is 0.337 e. The van der Waals surface area contributed by atoms with Crippen LogP contribution in [-0.2, 0) is 14.3 Å². The lowest BCUT2D eigenvalue weighted by molar-refractivity contribution is -0.160. The van der Waals surface area contributed by atoms with Crippen molar-refractivity contribution >= 4 is 44.8 Å². The molecule has 1 unspecified atom stereocenters. The Labute approximate surface area is 292 Å². The van der Waals surface area contributed by atoms with Gasteiger partial charge < -0.3 is 14.6 Å². The number of aromatic nitrogens is 1. The molecule has 2 atom stereocenters. The molecule has 9 heteroatoms. The van der Waals surface area contributed by atoms with E-state index in [0.29, 0.717) is 28.5 Å². The molecule has 3 aliphatic rings. The van der Waals surface area contributed by atoms with Crippen LogP contribution in [0.1, 0.15) is 81.9 Å². The number of likely N-dealkylation sites (tertiary alicyclic amines) is 1. The summed E-state index contributed by atoms with van der Waals surface area (Å²) in [5.41, 5.74) is 8.22. The van der Waals surface area contributed by atoms with Crippen LogP contribution >= 0.6 is 22.9 Å². The summed E-state index contributed by atoms with van der Waals surface area (Å²) in [5, 5.41) is 12.0. The van der Waals surface area contributed by atoms with Gasteiger partial charge in [-0.1, -0.05) is 49.7 Å². The number of fused-ring (bicyclic) bond motifs is 2. The average Bonchev–Trinajstić information content (AvgIpc) is 3.60. The van der Waals surface area contributed by atoms with Gasteiger partial charge in [0.2, 0.25) is 0 Å². The maximum atomic E-state index is 12.8. The Balaban J connectivity index is 1.32. The molecule has 4 aromatic rings. The van der Waals surface area contributed by atoms with E-state index in [1.165, 1.54) is 16.8 Å². The van der Waals surface area contributed by atoms with Crippen LogP contribution in [0.3, 0.4) is 0 Å². The monoisotopic (exact) mass is 685 g/mol. The van der Waals surface area contributed by atoms with Crippen LogP contribution in [0, 0.1) is 18.8 Å². The Bertz CT molecular complexity index is 1880. The number of thiazole rings is 1. The lowest BCUT2D eigenvalue weighted by atomic mass is 9.85. The van der Waals surface area contributed by atoms with E-state index in [1.54, 1.807) is 11.3 Å². The minimum absolute atomic E-state index is 0.162. The highest BCUT2D eigenvalue weighted by atomic mass is 35.5. The van der Waals surface area contributed by atoms with E-state index in [4.69, 9.17) is 31.1 Å². The van der Waals surface area contributed by atoms with Crippen LogP contribution in [0.15, 0.2) is 53.5 Å². The molecule has 252 valence electrons. The summed E-state index contributed by atoms with van der Waals surface area (Å²) in [7, 11) is 0. The number of nitrogens with zero attached hydrogens (tertiary/aromatic N) is 3. The number of aliphatic imine (C=N–C) groups is 1. The van der Waals surface area contributed by atoms with Crippen molar-refractivity contribution in [1.29, 1.82) is 0 Å². The Kier molecular flexibility index (Phi) is 9.00. The molecule has 1 N–H and O–H groups in total. The van der Waals surface area contributed by atoms with Gasteiger partial charge in [-0.15, -0.1) is 11.3 Å². The average molecular weight is 686 g/mol. The zero-order valence-corrected chi connectivity index (χ0v) is 30.1. The van der Waals surface area contributed by atoms with Gasteiger partial charge in [0, 0.05) is 38.9 Å². The summed E-state index contributed by atoms with van der Waals surface area (Å²) < 4.78 is 12.6. The third kappa shape index (κ3) is 6.34. The number of hydrogen-bond acceptors (Lipinski definition) is 7. The lowest BCUT2D eigenvalue weighted by Crippen LogP contribution is -2.52. The predicted octanol–water partition coefficient (Wildman–Crippen LogP) is 9.14. The van der Waals surface area contributed by atoms with Crippen molar-refractivity contribution in [3.63, 3.8) is 0 Å². The van der Waals surface area contributed by atoms with Gasteiger partial charge in [-0.05, 0) is 100 Å². The largest absolute Gasteiger partial charge is 0.479 e. The van der Waals surface area contributed by atoms with Gasteiger partial charge in [0.05, 0.1) is 41.1 Å². The number of hydrogen-bond donors (Lipinski definition) is 1. The number of halogens is 1. The zero-order valence-electron chi connectivity index (χ0n) is 28.5. The smallest absolute Gasteiger partial charge is 0.337 e. The first-order chi connectivity index (χ1) is 22.9. The maximum absolute atomic E-state index is 12.8. The number of ether oxygens (including phenoxy) is 2. The number of benzene rings is 3. The van der Waals surface area contributed by atoms with E-state index < -0.39 is 17.7 Å². The van der Waals surface area contributed by atoms with Crippen LogP contribution < -0.4 is 0 Å². The standard InChI is InChI=1S/C39H44ClN3O4S/c1-21(2)33-28-12-9-25(18-29(28)34(42-33)24-13-15-43(16-14-24)27-19-46-20-27)37-41-30-17-22(3)31(35(38(44)45)47-39(4,5)6)32(36(30)48-37)23-7-10-26(40)11-8-23/h7-12,17-18,21,24,27,33,35H,13-16,19-20H2,1-6H3,(H,44,45)/t33?,35-/m0/s1. The first kappa shape index (κ1) is 33.4. The highest BCUT2D eigenvalue weighted by molar-refractivity contribution is 7.22. The molecular formula is C39H44ClN3O4S. The molecule has 3 aromatic carbocycles. The Hall–Kier alpha value is -3.14. The topological polar surface area (TPSA) is 84.3 Å². The van der Waals surface area contributed by atoms with E-state index in [2.05, 4.69) is 36.9 Å². The number of rotatable bonds is 8. The van der Waals surface area contributed by atoms with E-state index >= 15 is 0 Å². The molecule has 0 radical (unpaired) electrons. The van der Waals surface area contributed by atoms with Gasteiger partial charge in [-0.2, -0.15) is 0 Å². The molecule has 7 nitrogen and oxygen atoms in total. The second-order valence-electron chi connectivity index (χ2n) is 14.8. The van der Waals surface area contributed by atoms with Gasteiger partial charge in [0.15, 0.2) is 6.10 Å². The predicted molar refractivity (Wildman–Crippen MR) is 194 cm³/mol. The molecule has 3 aliphatic heterocycles. The third-order valence-electron chi connectivity index (χ3n) is 9.88. The third-order valence-corrected chi connectivity index (χ3v) is 11.3. The summed E-state index contributed by atoms with van der Waals surface area (Å²) in [6, 6.07) is 17.1. The molecular weight excluding hydrogens is 642 g/mol. The van der Waals surface area contributed by atoms with E-state index in [1.807, 2.05) is 58.0 Å². The number of carbonyl (C=O) groups is 1. The van der Waals surface area contributed by atoms with Crippen molar-refractivity contribution in [3.05, 3.63) is 75.8 Å². The number of piperidine rings is 1. The van der Waals surface area contributed by atoms with Crippen molar-refractivity contribution in [2.75, 3.05) is 26.3 Å². The number of aliphatic carboxylic acids is 1. The zero-order chi connectivity index (χ0) is 33.9. The van der Waals surface area contributed by atoms with Crippen LogP contribution in [0.5, 0.6) is 0 Å². The van der Waals surface area contributed by atoms with Gasteiger partial charge in [-0.25, -0.2) is 9.78 Å². The fourth-order valence-corrected chi connectivity index (χ4v) is 8.67. The van der Waals surface area contributed by atoms with Gasteiger partial charge in [0.1, 0.15) is 5.01 Å². The van der Waals surface area contributed by atoms with Crippen LogP contribution in [0.2, 0.25) is 5.02 Å². The van der Waals surface area contributed by atoms with Crippen molar-refractivity contribution in [2.24, 2.45) is 16.8 Å². The molecule has 7 rings (SSSR count). The van der Waals surface area contributed by atoms with Crippen LogP contribution in [-0.4, -0.2) is 64.6 Å². The first-order valence-electron chi connectivity index (χ1n) is 17.0. The fraction of sp³-hybridized carbons (Fsp3) is 0.462.